The summed E-state index contributed by atoms with van der Waals surface area (Å²) in [5.41, 5.74) is 0. The zero-order chi connectivity index (χ0) is 52.2. The Morgan fingerprint density at radius 2 is 0.667 bits per heavy atom. The lowest BCUT2D eigenvalue weighted by Crippen LogP contribution is -2.45. The van der Waals surface area contributed by atoms with Gasteiger partial charge in [-0.1, -0.05) is 321 Å². The van der Waals surface area contributed by atoms with Crippen molar-refractivity contribution in [3.63, 3.8) is 0 Å². The number of unbranched alkanes of at least 4 members (excludes halogenated alkanes) is 48. The number of carbonyl (C=O) groups excluding carboxylic acids is 2. The van der Waals surface area contributed by atoms with E-state index in [1.807, 2.05) is 6.08 Å². The number of aliphatic hydroxyl groups is 2. The van der Waals surface area contributed by atoms with E-state index in [0.717, 1.165) is 44.9 Å². The lowest BCUT2D eigenvalue weighted by molar-refractivity contribution is -0.143. The van der Waals surface area contributed by atoms with Gasteiger partial charge in [0.15, 0.2) is 0 Å². The number of carbonyl (C=O) groups is 2. The molecular formula is C66H127NO5. The van der Waals surface area contributed by atoms with Crippen molar-refractivity contribution in [2.75, 3.05) is 13.2 Å². The summed E-state index contributed by atoms with van der Waals surface area (Å²) in [6, 6.07) is -0.630. The molecule has 0 spiro atoms. The normalized spacial score (nSPS) is 12.7. The van der Waals surface area contributed by atoms with E-state index in [-0.39, 0.29) is 18.5 Å². The number of hydrogen-bond donors (Lipinski definition) is 3. The van der Waals surface area contributed by atoms with Crippen LogP contribution in [0.1, 0.15) is 361 Å². The fourth-order valence-electron chi connectivity index (χ4n) is 10.2. The summed E-state index contributed by atoms with van der Waals surface area (Å²) in [4.78, 5) is 24.5. The average molecular weight is 1010 g/mol. The third kappa shape index (κ3) is 57.6. The zero-order valence-corrected chi connectivity index (χ0v) is 48.7. The molecule has 0 aromatic heterocycles. The third-order valence-electron chi connectivity index (χ3n) is 15.2. The van der Waals surface area contributed by atoms with Crippen LogP contribution in [0.4, 0.5) is 0 Å². The van der Waals surface area contributed by atoms with Crippen LogP contribution >= 0.6 is 0 Å². The molecule has 6 nitrogen and oxygen atoms in total. The Kier molecular flexibility index (Phi) is 60.5. The van der Waals surface area contributed by atoms with Crippen LogP contribution < -0.4 is 5.32 Å². The predicted molar refractivity (Wildman–Crippen MR) is 315 cm³/mol. The molecule has 72 heavy (non-hydrogen) atoms. The van der Waals surface area contributed by atoms with Gasteiger partial charge in [0.05, 0.1) is 25.4 Å². The lowest BCUT2D eigenvalue weighted by Gasteiger charge is -2.20. The molecule has 2 unspecified atom stereocenters. The molecule has 0 aliphatic rings. The van der Waals surface area contributed by atoms with Gasteiger partial charge in [0.2, 0.25) is 5.91 Å². The van der Waals surface area contributed by atoms with Crippen molar-refractivity contribution in [1.82, 2.24) is 5.32 Å². The third-order valence-corrected chi connectivity index (χ3v) is 15.2. The summed E-state index contributed by atoms with van der Waals surface area (Å²) in [6.07, 6.45) is 76.6. The molecule has 0 aliphatic carbocycles. The van der Waals surface area contributed by atoms with Crippen LogP contribution in [-0.2, 0) is 14.3 Å². The van der Waals surface area contributed by atoms with Crippen LogP contribution in [0, 0.1) is 0 Å². The van der Waals surface area contributed by atoms with Gasteiger partial charge in [-0.2, -0.15) is 0 Å². The molecule has 0 radical (unpaired) electrons. The molecule has 426 valence electrons. The van der Waals surface area contributed by atoms with Gasteiger partial charge in [-0.15, -0.1) is 0 Å². The topological polar surface area (TPSA) is 95.9 Å². The monoisotopic (exact) mass is 1010 g/mol. The van der Waals surface area contributed by atoms with E-state index in [0.29, 0.717) is 19.4 Å². The minimum Gasteiger partial charge on any atom is -0.466 e. The Labute approximate surface area is 450 Å². The number of ether oxygens (including phenoxy) is 1. The van der Waals surface area contributed by atoms with Gasteiger partial charge in [-0.05, 0) is 51.4 Å². The van der Waals surface area contributed by atoms with Crippen LogP contribution in [0.5, 0.6) is 0 Å². The zero-order valence-electron chi connectivity index (χ0n) is 48.7. The second-order valence-corrected chi connectivity index (χ2v) is 22.5. The van der Waals surface area contributed by atoms with Crippen molar-refractivity contribution in [3.8, 4) is 0 Å². The van der Waals surface area contributed by atoms with Gasteiger partial charge in [0.25, 0.3) is 0 Å². The largest absolute Gasteiger partial charge is 0.466 e. The van der Waals surface area contributed by atoms with Crippen molar-refractivity contribution in [1.29, 1.82) is 0 Å². The number of aliphatic hydroxyl groups excluding tert-OH is 2. The summed E-state index contributed by atoms with van der Waals surface area (Å²) in [7, 11) is 0. The number of amides is 1. The standard InChI is InChI=1S/C66H127NO5/c1-3-5-7-9-11-13-15-16-17-18-19-20-21-22-23-26-29-32-35-39-42-46-50-54-58-64(69)63(62-68)67-65(70)59-55-51-47-43-40-36-33-30-27-24-25-28-31-34-37-41-45-49-53-57-61-72-66(71)60-56-52-48-44-38-14-12-10-8-6-4-2/h10,12,54,58,63-64,68-69H,3-9,11,13-53,55-57,59-62H2,1-2H3,(H,67,70)/b12-10-,58-54+. The molecule has 0 saturated heterocycles. The molecule has 1 amide bonds. The molecule has 6 heteroatoms. The highest BCUT2D eigenvalue weighted by Gasteiger charge is 2.18. The van der Waals surface area contributed by atoms with Crippen LogP contribution in [-0.4, -0.2) is 47.4 Å². The van der Waals surface area contributed by atoms with Crippen LogP contribution in [0.15, 0.2) is 24.3 Å². The van der Waals surface area contributed by atoms with Gasteiger partial charge in [-0.25, -0.2) is 0 Å². The molecule has 0 fully saturated rings. The Bertz CT molecular complexity index is 1120. The number of allylic oxidation sites excluding steroid dienone is 3. The van der Waals surface area contributed by atoms with Crippen molar-refractivity contribution in [3.05, 3.63) is 24.3 Å². The molecule has 0 aromatic rings. The molecule has 0 rings (SSSR count). The molecule has 0 saturated carbocycles. The van der Waals surface area contributed by atoms with Gasteiger partial charge in [0, 0.05) is 12.8 Å². The fourth-order valence-corrected chi connectivity index (χ4v) is 10.2. The molecule has 0 heterocycles. The van der Waals surface area contributed by atoms with Crippen molar-refractivity contribution < 1.29 is 24.5 Å². The van der Waals surface area contributed by atoms with E-state index in [4.69, 9.17) is 4.74 Å². The SMILES string of the molecule is CCCC/C=C\CCCCCCCC(=O)OCCCCCCCCCCCCCCCCCCCCCCC(=O)NC(CO)C(O)/C=C/CCCCCCCCCCCCCCCCCCCCCCCC. The van der Waals surface area contributed by atoms with Crippen molar-refractivity contribution in [2.45, 2.75) is 373 Å². The maximum absolute atomic E-state index is 12.5. The fraction of sp³-hybridized carbons (Fsp3) is 0.909. The quantitative estimate of drug-likeness (QED) is 0.0320. The minimum absolute atomic E-state index is 0.000569. The van der Waals surface area contributed by atoms with Gasteiger partial charge in [0.1, 0.15) is 0 Å². The number of esters is 1. The maximum Gasteiger partial charge on any atom is 0.305 e. The second kappa shape index (κ2) is 61.9. The molecule has 0 bridgehead atoms. The van der Waals surface area contributed by atoms with Crippen molar-refractivity contribution >= 4 is 11.9 Å². The van der Waals surface area contributed by atoms with Gasteiger partial charge >= 0.3 is 5.97 Å². The average Bonchev–Trinajstić information content (AvgIpc) is 3.38. The number of nitrogens with one attached hydrogen (secondary N) is 1. The Hall–Kier alpha value is -1.66. The lowest BCUT2D eigenvalue weighted by atomic mass is 10.0. The van der Waals surface area contributed by atoms with Crippen LogP contribution in [0.3, 0.4) is 0 Å². The van der Waals surface area contributed by atoms with Gasteiger partial charge < -0.3 is 20.3 Å². The first-order chi connectivity index (χ1) is 35.5. The molecule has 3 N–H and O–H groups in total. The van der Waals surface area contributed by atoms with E-state index in [9.17, 15) is 19.8 Å². The van der Waals surface area contributed by atoms with E-state index < -0.39 is 12.1 Å². The predicted octanol–water partition coefficient (Wildman–Crippen LogP) is 20.6. The highest BCUT2D eigenvalue weighted by Crippen LogP contribution is 2.18. The molecule has 0 aromatic carbocycles. The van der Waals surface area contributed by atoms with Crippen LogP contribution in [0.2, 0.25) is 0 Å². The second-order valence-electron chi connectivity index (χ2n) is 22.5. The molecular weight excluding hydrogens is 887 g/mol. The van der Waals surface area contributed by atoms with Gasteiger partial charge in [-0.3, -0.25) is 9.59 Å². The maximum atomic E-state index is 12.5. The van der Waals surface area contributed by atoms with Crippen molar-refractivity contribution in [2.24, 2.45) is 0 Å². The first-order valence-corrected chi connectivity index (χ1v) is 32.6. The highest BCUT2D eigenvalue weighted by molar-refractivity contribution is 5.76. The Morgan fingerprint density at radius 1 is 0.375 bits per heavy atom. The molecule has 0 aliphatic heterocycles. The number of rotatable bonds is 61. The summed E-state index contributed by atoms with van der Waals surface area (Å²) >= 11 is 0. The first kappa shape index (κ1) is 70.3. The van der Waals surface area contributed by atoms with E-state index >= 15 is 0 Å². The summed E-state index contributed by atoms with van der Waals surface area (Å²) < 4.78 is 5.46. The van der Waals surface area contributed by atoms with E-state index in [1.54, 1.807) is 6.08 Å². The highest BCUT2D eigenvalue weighted by atomic mass is 16.5. The Balaban J connectivity index is 3.43. The Morgan fingerprint density at radius 3 is 1.03 bits per heavy atom. The van der Waals surface area contributed by atoms with E-state index in [1.165, 1.54) is 289 Å². The summed E-state index contributed by atoms with van der Waals surface area (Å²) in [5.74, 6) is -0.0667. The summed E-state index contributed by atoms with van der Waals surface area (Å²) in [5, 5.41) is 23.2. The minimum atomic E-state index is -0.847. The molecule has 2 atom stereocenters. The number of hydrogen-bond acceptors (Lipinski definition) is 5. The first-order valence-electron chi connectivity index (χ1n) is 32.6. The smallest absolute Gasteiger partial charge is 0.305 e. The van der Waals surface area contributed by atoms with Crippen LogP contribution in [0.25, 0.3) is 0 Å². The van der Waals surface area contributed by atoms with E-state index in [2.05, 4.69) is 31.3 Å². The summed E-state index contributed by atoms with van der Waals surface area (Å²) in [6.45, 7) is 4.89.